The zero-order chi connectivity index (χ0) is 11.8. The molecule has 1 aromatic rings. The van der Waals surface area contributed by atoms with Crippen LogP contribution in [0.2, 0.25) is 5.02 Å². The largest absolute Gasteiger partial charge is 0.377 e. The van der Waals surface area contributed by atoms with E-state index in [0.29, 0.717) is 12.0 Å². The van der Waals surface area contributed by atoms with Gasteiger partial charge in [-0.15, -0.1) is 0 Å². The SMILES string of the molecule is CC1(C(C)(CN)Nc2ccccc2Cl)CC1. The molecule has 0 aromatic heterocycles. The van der Waals surface area contributed by atoms with Crippen LogP contribution in [-0.2, 0) is 0 Å². The second-order valence-corrected chi connectivity index (χ2v) is 5.61. The molecule has 0 saturated heterocycles. The van der Waals surface area contributed by atoms with Crippen LogP contribution in [0.3, 0.4) is 0 Å². The van der Waals surface area contributed by atoms with Crippen molar-refractivity contribution in [2.24, 2.45) is 11.1 Å². The Labute approximate surface area is 102 Å². The van der Waals surface area contributed by atoms with Gasteiger partial charge in [-0.1, -0.05) is 30.7 Å². The molecule has 16 heavy (non-hydrogen) atoms. The predicted octanol–water partition coefficient (Wildman–Crippen LogP) is 3.27. The first-order valence-corrected chi connectivity index (χ1v) is 6.11. The van der Waals surface area contributed by atoms with Gasteiger partial charge in [0, 0.05) is 6.54 Å². The van der Waals surface area contributed by atoms with E-state index in [2.05, 4.69) is 19.2 Å². The summed E-state index contributed by atoms with van der Waals surface area (Å²) in [5, 5.41) is 4.27. The number of nitrogens with two attached hydrogens (primary N) is 1. The number of para-hydroxylation sites is 1. The van der Waals surface area contributed by atoms with Gasteiger partial charge in [0.25, 0.3) is 0 Å². The van der Waals surface area contributed by atoms with E-state index in [-0.39, 0.29) is 5.54 Å². The molecule has 1 aliphatic rings. The van der Waals surface area contributed by atoms with Gasteiger partial charge in [-0.25, -0.2) is 0 Å². The van der Waals surface area contributed by atoms with Crippen molar-refractivity contribution in [1.29, 1.82) is 0 Å². The molecular weight excluding hydrogens is 220 g/mol. The Balaban J connectivity index is 2.22. The summed E-state index contributed by atoms with van der Waals surface area (Å²) in [6.45, 7) is 5.09. The average molecular weight is 239 g/mol. The van der Waals surface area contributed by atoms with Crippen molar-refractivity contribution in [3.63, 3.8) is 0 Å². The molecule has 0 bridgehead atoms. The van der Waals surface area contributed by atoms with Crippen molar-refractivity contribution < 1.29 is 0 Å². The molecule has 0 heterocycles. The summed E-state index contributed by atoms with van der Waals surface area (Å²) in [5.41, 5.74) is 7.14. The highest BCUT2D eigenvalue weighted by Gasteiger charge is 2.52. The fraction of sp³-hybridized carbons (Fsp3) is 0.538. The van der Waals surface area contributed by atoms with E-state index in [1.807, 2.05) is 24.3 Å². The van der Waals surface area contributed by atoms with Gasteiger partial charge in [0.15, 0.2) is 0 Å². The summed E-state index contributed by atoms with van der Waals surface area (Å²) in [5.74, 6) is 0. The van der Waals surface area contributed by atoms with Crippen molar-refractivity contribution >= 4 is 17.3 Å². The third-order valence-corrected chi connectivity index (χ3v) is 4.35. The topological polar surface area (TPSA) is 38.0 Å². The lowest BCUT2D eigenvalue weighted by molar-refractivity contribution is 0.333. The summed E-state index contributed by atoms with van der Waals surface area (Å²) in [7, 11) is 0. The molecule has 88 valence electrons. The average Bonchev–Trinajstić information content (AvgIpc) is 3.01. The van der Waals surface area contributed by atoms with Gasteiger partial charge < -0.3 is 11.1 Å². The number of halogens is 1. The number of hydrogen-bond acceptors (Lipinski definition) is 2. The number of nitrogens with one attached hydrogen (secondary N) is 1. The lowest BCUT2D eigenvalue weighted by Gasteiger charge is -2.37. The van der Waals surface area contributed by atoms with Crippen molar-refractivity contribution in [3.05, 3.63) is 29.3 Å². The van der Waals surface area contributed by atoms with Crippen molar-refractivity contribution in [3.8, 4) is 0 Å². The monoisotopic (exact) mass is 238 g/mol. The fourth-order valence-corrected chi connectivity index (χ4v) is 2.23. The number of rotatable bonds is 4. The van der Waals surface area contributed by atoms with Gasteiger partial charge in [0.05, 0.1) is 16.2 Å². The molecule has 2 rings (SSSR count). The Kier molecular flexibility index (Phi) is 2.89. The molecule has 1 aromatic carbocycles. The molecule has 3 heteroatoms. The van der Waals surface area contributed by atoms with Crippen LogP contribution in [0.15, 0.2) is 24.3 Å². The standard InChI is InChI=1S/C13H19ClN2/c1-12(7-8-12)13(2,9-15)16-11-6-4-3-5-10(11)14/h3-6,16H,7-9,15H2,1-2H3. The van der Waals surface area contributed by atoms with E-state index in [1.165, 1.54) is 12.8 Å². The van der Waals surface area contributed by atoms with Crippen LogP contribution in [0.25, 0.3) is 0 Å². The molecular formula is C13H19ClN2. The van der Waals surface area contributed by atoms with Crippen LogP contribution < -0.4 is 11.1 Å². The van der Waals surface area contributed by atoms with Crippen LogP contribution in [0, 0.1) is 5.41 Å². The van der Waals surface area contributed by atoms with E-state index < -0.39 is 0 Å². The first-order valence-electron chi connectivity index (χ1n) is 5.74. The van der Waals surface area contributed by atoms with Crippen LogP contribution in [-0.4, -0.2) is 12.1 Å². The van der Waals surface area contributed by atoms with E-state index in [1.54, 1.807) is 0 Å². The fourth-order valence-electron chi connectivity index (χ4n) is 2.05. The quantitative estimate of drug-likeness (QED) is 0.845. The number of anilines is 1. The maximum Gasteiger partial charge on any atom is 0.0637 e. The Hall–Kier alpha value is -0.730. The van der Waals surface area contributed by atoms with Crippen LogP contribution in [0.4, 0.5) is 5.69 Å². The normalized spacial score (nSPS) is 21.2. The zero-order valence-corrected chi connectivity index (χ0v) is 10.6. The third kappa shape index (κ3) is 1.92. The van der Waals surface area contributed by atoms with Gasteiger partial charge in [-0.2, -0.15) is 0 Å². The minimum atomic E-state index is -0.0714. The highest BCUT2D eigenvalue weighted by atomic mass is 35.5. The summed E-state index contributed by atoms with van der Waals surface area (Å²) >= 11 is 6.15. The second kappa shape index (κ2) is 3.94. The van der Waals surface area contributed by atoms with Gasteiger partial charge in [0.2, 0.25) is 0 Å². The molecule has 1 fully saturated rings. The Morgan fingerprint density at radius 1 is 1.44 bits per heavy atom. The smallest absolute Gasteiger partial charge is 0.0637 e. The molecule has 0 radical (unpaired) electrons. The Morgan fingerprint density at radius 2 is 2.06 bits per heavy atom. The Bertz CT molecular complexity index is 387. The van der Waals surface area contributed by atoms with Crippen molar-refractivity contribution in [2.45, 2.75) is 32.2 Å². The number of hydrogen-bond donors (Lipinski definition) is 2. The summed E-state index contributed by atoms with van der Waals surface area (Å²) in [6.07, 6.45) is 2.47. The molecule has 2 nitrogen and oxygen atoms in total. The first-order chi connectivity index (χ1) is 7.51. The highest BCUT2D eigenvalue weighted by molar-refractivity contribution is 6.33. The maximum absolute atomic E-state index is 6.15. The molecule has 1 saturated carbocycles. The van der Waals surface area contributed by atoms with Crippen LogP contribution in [0.5, 0.6) is 0 Å². The first kappa shape index (κ1) is 11.7. The molecule has 3 N–H and O–H groups in total. The summed E-state index contributed by atoms with van der Waals surface area (Å²) in [4.78, 5) is 0. The maximum atomic E-state index is 6.15. The molecule has 0 spiro atoms. The Morgan fingerprint density at radius 3 is 2.56 bits per heavy atom. The third-order valence-electron chi connectivity index (χ3n) is 4.02. The minimum Gasteiger partial charge on any atom is -0.377 e. The van der Waals surface area contributed by atoms with E-state index in [9.17, 15) is 0 Å². The van der Waals surface area contributed by atoms with Gasteiger partial charge in [-0.05, 0) is 37.3 Å². The second-order valence-electron chi connectivity index (χ2n) is 5.20. The van der Waals surface area contributed by atoms with Crippen LogP contribution in [0.1, 0.15) is 26.7 Å². The molecule has 0 aliphatic heterocycles. The highest BCUT2D eigenvalue weighted by Crippen LogP contribution is 2.54. The number of benzene rings is 1. The van der Waals surface area contributed by atoms with Crippen molar-refractivity contribution in [1.82, 2.24) is 0 Å². The van der Waals surface area contributed by atoms with Gasteiger partial charge in [-0.3, -0.25) is 0 Å². The molecule has 1 atom stereocenters. The lowest BCUT2D eigenvalue weighted by Crippen LogP contribution is -2.49. The molecule has 1 unspecified atom stereocenters. The summed E-state index contributed by atoms with van der Waals surface area (Å²) < 4.78 is 0. The van der Waals surface area contributed by atoms with Gasteiger partial charge >= 0.3 is 0 Å². The van der Waals surface area contributed by atoms with E-state index in [4.69, 9.17) is 17.3 Å². The lowest BCUT2D eigenvalue weighted by atomic mass is 9.83. The van der Waals surface area contributed by atoms with E-state index >= 15 is 0 Å². The van der Waals surface area contributed by atoms with E-state index in [0.717, 1.165) is 10.7 Å². The van der Waals surface area contributed by atoms with Gasteiger partial charge in [0.1, 0.15) is 0 Å². The minimum absolute atomic E-state index is 0.0714. The zero-order valence-electron chi connectivity index (χ0n) is 9.89. The molecule has 0 amide bonds. The van der Waals surface area contributed by atoms with Crippen LogP contribution >= 0.6 is 11.6 Å². The summed E-state index contributed by atoms with van der Waals surface area (Å²) in [6, 6.07) is 7.82. The van der Waals surface area contributed by atoms with Crippen molar-refractivity contribution in [2.75, 3.05) is 11.9 Å². The predicted molar refractivity (Wildman–Crippen MR) is 69.9 cm³/mol. The molecule has 1 aliphatic carbocycles.